The average molecular weight is 251 g/mol. The van der Waals surface area contributed by atoms with Crippen LogP contribution in [0, 0.1) is 0 Å². The second kappa shape index (κ2) is 3.74. The first-order valence-corrected chi connectivity index (χ1v) is 6.24. The Bertz CT molecular complexity index is 656. The predicted octanol–water partition coefficient (Wildman–Crippen LogP) is 1.01. The molecule has 0 unspecified atom stereocenters. The molecule has 17 heavy (non-hydrogen) atoms. The van der Waals surface area contributed by atoms with Crippen LogP contribution in [0.1, 0.15) is 5.56 Å². The normalized spacial score (nSPS) is 17.4. The monoisotopic (exact) mass is 251 g/mol. The van der Waals surface area contributed by atoms with Crippen molar-refractivity contribution in [3.63, 3.8) is 0 Å². The highest BCUT2D eigenvalue weighted by molar-refractivity contribution is 7.99. The van der Waals surface area contributed by atoms with Gasteiger partial charge in [-0.3, -0.25) is 0 Å². The van der Waals surface area contributed by atoms with Crippen molar-refractivity contribution < 1.29 is 18.3 Å². The van der Waals surface area contributed by atoms with Gasteiger partial charge >= 0.3 is 5.97 Å². The van der Waals surface area contributed by atoms with E-state index in [9.17, 15) is 13.2 Å². The van der Waals surface area contributed by atoms with Crippen molar-refractivity contribution in [1.29, 1.82) is 0 Å². The first-order valence-electron chi connectivity index (χ1n) is 4.69. The molecule has 0 spiro atoms. The van der Waals surface area contributed by atoms with E-state index in [1.165, 1.54) is 6.08 Å². The van der Waals surface area contributed by atoms with Crippen molar-refractivity contribution in [2.24, 2.45) is 0 Å². The molecule has 0 amide bonds. The molecule has 0 bridgehead atoms. The summed E-state index contributed by atoms with van der Waals surface area (Å²) in [6, 6.07) is 6.52. The second-order valence-corrected chi connectivity index (χ2v) is 5.25. The van der Waals surface area contributed by atoms with Crippen LogP contribution in [0.25, 0.3) is 5.57 Å². The number of anilines is 1. The summed E-state index contributed by atoms with van der Waals surface area (Å²) in [6.07, 6.45) is 1.25. The third kappa shape index (κ3) is 1.83. The number of benzene rings is 1. The molecule has 0 saturated carbocycles. The van der Waals surface area contributed by atoms with Crippen molar-refractivity contribution in [3.05, 3.63) is 46.2 Å². The van der Waals surface area contributed by atoms with E-state index in [-0.39, 0.29) is 5.57 Å². The molecule has 1 aromatic rings. The number of rotatable bonds is 2. The van der Waals surface area contributed by atoms with Crippen LogP contribution >= 0.6 is 0 Å². The third-order valence-electron chi connectivity index (χ3n) is 2.39. The Kier molecular flexibility index (Phi) is 2.51. The van der Waals surface area contributed by atoms with Crippen molar-refractivity contribution in [1.82, 2.24) is 0 Å². The summed E-state index contributed by atoms with van der Waals surface area (Å²) in [7, 11) is -3.86. The van der Waals surface area contributed by atoms with Gasteiger partial charge in [0.05, 0.1) is 0 Å². The number of sulfone groups is 1. The topological polar surface area (TPSA) is 97.5 Å². The standard InChI is InChI=1S/C11H9NO4S/c12-9-4-2-1-3-7(9)8-5-6-17(15,16)10(8)11(13)14/h1-6H,12H2,(H,13,14). The molecule has 3 N–H and O–H groups in total. The van der Waals surface area contributed by atoms with E-state index in [4.69, 9.17) is 10.8 Å². The van der Waals surface area contributed by atoms with E-state index in [1.807, 2.05) is 0 Å². The molecule has 0 saturated heterocycles. The number of carboxylic acids is 1. The SMILES string of the molecule is Nc1ccccc1C1=C(C(=O)O)S(=O)(=O)C=C1. The van der Waals surface area contributed by atoms with Crippen LogP contribution in [0.15, 0.2) is 40.7 Å². The molecule has 2 rings (SSSR count). The summed E-state index contributed by atoms with van der Waals surface area (Å²) in [5.74, 6) is -1.48. The van der Waals surface area contributed by atoms with Crippen molar-refractivity contribution in [3.8, 4) is 0 Å². The zero-order valence-electron chi connectivity index (χ0n) is 8.62. The predicted molar refractivity (Wildman–Crippen MR) is 63.5 cm³/mol. The molecule has 0 radical (unpaired) electrons. The number of para-hydroxylation sites is 1. The van der Waals surface area contributed by atoms with Crippen molar-refractivity contribution in [2.45, 2.75) is 0 Å². The highest BCUT2D eigenvalue weighted by atomic mass is 32.2. The highest BCUT2D eigenvalue weighted by Gasteiger charge is 2.31. The van der Waals surface area contributed by atoms with Gasteiger partial charge in [-0.1, -0.05) is 18.2 Å². The summed E-state index contributed by atoms with van der Waals surface area (Å²) in [4.78, 5) is 10.4. The molecule has 0 atom stereocenters. The lowest BCUT2D eigenvalue weighted by Crippen LogP contribution is -2.09. The molecule has 88 valence electrons. The van der Waals surface area contributed by atoms with Crippen molar-refractivity contribution in [2.75, 3.05) is 5.73 Å². The van der Waals surface area contributed by atoms with E-state index in [0.29, 0.717) is 11.3 Å². The number of allylic oxidation sites excluding steroid dienone is 2. The number of hydrogen-bond donors (Lipinski definition) is 2. The summed E-state index contributed by atoms with van der Waals surface area (Å²) in [6.45, 7) is 0. The van der Waals surface area contributed by atoms with Crippen LogP contribution in [0.2, 0.25) is 0 Å². The zero-order chi connectivity index (χ0) is 12.6. The lowest BCUT2D eigenvalue weighted by molar-refractivity contribution is -0.131. The van der Waals surface area contributed by atoms with E-state index >= 15 is 0 Å². The molecule has 1 aliphatic rings. The van der Waals surface area contributed by atoms with Gasteiger partial charge < -0.3 is 10.8 Å². The van der Waals surface area contributed by atoms with E-state index in [1.54, 1.807) is 24.3 Å². The average Bonchev–Trinajstić information content (AvgIpc) is 2.54. The number of nitrogens with two attached hydrogens (primary N) is 1. The third-order valence-corrected chi connectivity index (χ3v) is 3.85. The fourth-order valence-corrected chi connectivity index (χ4v) is 2.83. The molecule has 0 fully saturated rings. The van der Waals surface area contributed by atoms with Crippen LogP contribution in [0.4, 0.5) is 5.69 Å². The summed E-state index contributed by atoms with van der Waals surface area (Å²) in [5.41, 5.74) is 6.56. The number of aliphatic carboxylic acids is 1. The molecular weight excluding hydrogens is 242 g/mol. The van der Waals surface area contributed by atoms with Crippen LogP contribution in [-0.4, -0.2) is 19.5 Å². The van der Waals surface area contributed by atoms with Gasteiger partial charge in [-0.2, -0.15) is 0 Å². The van der Waals surface area contributed by atoms with E-state index in [2.05, 4.69) is 0 Å². The molecule has 6 heteroatoms. The van der Waals surface area contributed by atoms with Crippen LogP contribution in [-0.2, 0) is 14.6 Å². The van der Waals surface area contributed by atoms with Gasteiger partial charge in [0.2, 0.25) is 9.84 Å². The van der Waals surface area contributed by atoms with E-state index in [0.717, 1.165) is 5.41 Å². The quantitative estimate of drug-likeness (QED) is 0.764. The summed E-state index contributed by atoms with van der Waals surface area (Å²) < 4.78 is 23.1. The minimum Gasteiger partial charge on any atom is -0.477 e. The molecule has 1 aromatic carbocycles. The Morgan fingerprint density at radius 1 is 1.24 bits per heavy atom. The first kappa shape index (κ1) is 11.4. The van der Waals surface area contributed by atoms with Crippen LogP contribution in [0.3, 0.4) is 0 Å². The minimum atomic E-state index is -3.86. The minimum absolute atomic E-state index is 0.121. The van der Waals surface area contributed by atoms with Crippen LogP contribution < -0.4 is 5.73 Å². The van der Waals surface area contributed by atoms with Crippen molar-refractivity contribution >= 4 is 27.1 Å². The Labute approximate surface area is 97.8 Å². The molecule has 1 heterocycles. The Hall–Kier alpha value is -2.08. The Morgan fingerprint density at radius 2 is 1.88 bits per heavy atom. The largest absolute Gasteiger partial charge is 0.477 e. The number of carbonyl (C=O) groups is 1. The first-order chi connectivity index (χ1) is 7.93. The maximum Gasteiger partial charge on any atom is 0.348 e. The highest BCUT2D eigenvalue weighted by Crippen LogP contribution is 2.33. The van der Waals surface area contributed by atoms with E-state index < -0.39 is 20.7 Å². The van der Waals surface area contributed by atoms with Gasteiger partial charge in [0.15, 0.2) is 4.91 Å². The zero-order valence-corrected chi connectivity index (χ0v) is 9.44. The van der Waals surface area contributed by atoms with Gasteiger partial charge in [0.1, 0.15) is 0 Å². The van der Waals surface area contributed by atoms with Gasteiger partial charge in [-0.15, -0.1) is 0 Å². The van der Waals surface area contributed by atoms with Crippen LogP contribution in [0.5, 0.6) is 0 Å². The Morgan fingerprint density at radius 3 is 2.47 bits per heavy atom. The molecule has 0 aromatic heterocycles. The maximum absolute atomic E-state index is 11.5. The fraction of sp³-hybridized carbons (Fsp3) is 0. The summed E-state index contributed by atoms with van der Waals surface area (Å²) >= 11 is 0. The van der Waals surface area contributed by atoms with Gasteiger partial charge in [0, 0.05) is 22.2 Å². The lowest BCUT2D eigenvalue weighted by Gasteiger charge is -2.05. The van der Waals surface area contributed by atoms with Gasteiger partial charge in [-0.25, -0.2) is 13.2 Å². The molecule has 0 aliphatic carbocycles. The fourth-order valence-electron chi connectivity index (χ4n) is 1.65. The maximum atomic E-state index is 11.5. The number of carboxylic acid groups (broad SMARTS) is 1. The molecular formula is C11H9NO4S. The molecule has 5 nitrogen and oxygen atoms in total. The Balaban J connectivity index is 2.75. The number of nitrogen functional groups attached to an aromatic ring is 1. The lowest BCUT2D eigenvalue weighted by atomic mass is 10.0. The van der Waals surface area contributed by atoms with Gasteiger partial charge in [-0.05, 0) is 12.1 Å². The second-order valence-electron chi connectivity index (χ2n) is 3.48. The molecule has 1 aliphatic heterocycles. The smallest absolute Gasteiger partial charge is 0.348 e. The van der Waals surface area contributed by atoms with Gasteiger partial charge in [0.25, 0.3) is 0 Å². The summed E-state index contributed by atoms with van der Waals surface area (Å²) in [5, 5.41) is 9.83. The number of hydrogen-bond acceptors (Lipinski definition) is 4.